The Bertz CT molecular complexity index is 764. The normalized spacial score (nSPS) is 15.1. The van der Waals surface area contributed by atoms with Crippen LogP contribution >= 0.6 is 11.6 Å². The van der Waals surface area contributed by atoms with Crippen LogP contribution in [-0.4, -0.2) is 30.1 Å². The van der Waals surface area contributed by atoms with Crippen LogP contribution in [0.1, 0.15) is 12.8 Å². The average molecular weight is 367 g/mol. The molecule has 1 heterocycles. The van der Waals surface area contributed by atoms with E-state index >= 15 is 0 Å². The van der Waals surface area contributed by atoms with E-state index in [2.05, 4.69) is 5.32 Å². The highest BCUT2D eigenvalue weighted by Crippen LogP contribution is 2.22. The maximum atomic E-state index is 13.2. The van der Waals surface area contributed by atoms with E-state index in [-0.39, 0.29) is 12.1 Å². The van der Waals surface area contributed by atoms with Crippen LogP contribution in [0.3, 0.4) is 0 Å². The zero-order chi connectivity index (χ0) is 17.8. The van der Waals surface area contributed by atoms with Crippen LogP contribution in [0.5, 0.6) is 5.75 Å². The molecule has 7 heteroatoms. The zero-order valence-corrected chi connectivity index (χ0v) is 14.1. The summed E-state index contributed by atoms with van der Waals surface area (Å²) >= 11 is 5.90. The second-order valence-corrected chi connectivity index (χ2v) is 6.26. The number of amides is 2. The van der Waals surface area contributed by atoms with Gasteiger partial charge in [0.05, 0.1) is 0 Å². The van der Waals surface area contributed by atoms with Crippen LogP contribution in [0.2, 0.25) is 5.02 Å². The fourth-order valence-electron chi connectivity index (χ4n) is 2.69. The van der Waals surface area contributed by atoms with Crippen LogP contribution < -0.4 is 10.1 Å². The fourth-order valence-corrected chi connectivity index (χ4v) is 2.88. The lowest BCUT2D eigenvalue weighted by molar-refractivity contribution is 0.115. The molecule has 4 nitrogen and oxygen atoms in total. The number of hydrogen-bond acceptors (Lipinski definition) is 2. The van der Waals surface area contributed by atoms with E-state index in [0.717, 1.165) is 12.1 Å². The minimum absolute atomic E-state index is 0.139. The standard InChI is InChI=1S/C18H17ClF2N2O2/c19-12-2-1-3-13(10-12)22-18(24)23-8-6-14(7-9-23)25-15-4-5-16(20)17(21)11-15/h1-5,10-11,14H,6-9H2,(H,22,24). The van der Waals surface area contributed by atoms with Crippen LogP contribution in [0.4, 0.5) is 19.3 Å². The molecule has 0 aliphatic carbocycles. The molecule has 2 aromatic carbocycles. The first-order chi connectivity index (χ1) is 12.0. The summed E-state index contributed by atoms with van der Waals surface area (Å²) in [4.78, 5) is 14.0. The molecular formula is C18H17ClF2N2O2. The minimum Gasteiger partial charge on any atom is -0.490 e. The summed E-state index contributed by atoms with van der Waals surface area (Å²) in [5, 5.41) is 3.35. The Morgan fingerprint density at radius 1 is 1.12 bits per heavy atom. The summed E-state index contributed by atoms with van der Waals surface area (Å²) in [6.07, 6.45) is 1.09. The molecule has 0 atom stereocenters. The molecule has 0 radical (unpaired) electrons. The van der Waals surface area contributed by atoms with Gasteiger partial charge in [0.25, 0.3) is 0 Å². The van der Waals surface area contributed by atoms with Gasteiger partial charge in [-0.3, -0.25) is 0 Å². The molecule has 3 rings (SSSR count). The van der Waals surface area contributed by atoms with Crippen molar-refractivity contribution >= 4 is 23.3 Å². The van der Waals surface area contributed by atoms with Gasteiger partial charge in [0.2, 0.25) is 0 Å². The molecule has 0 spiro atoms. The van der Waals surface area contributed by atoms with Gasteiger partial charge < -0.3 is 15.0 Å². The van der Waals surface area contributed by atoms with Gasteiger partial charge in [0, 0.05) is 42.7 Å². The maximum Gasteiger partial charge on any atom is 0.321 e. The Kier molecular flexibility index (Phi) is 5.38. The number of urea groups is 1. The van der Waals surface area contributed by atoms with Crippen molar-refractivity contribution in [1.29, 1.82) is 0 Å². The van der Waals surface area contributed by atoms with Crippen molar-refractivity contribution in [3.63, 3.8) is 0 Å². The Hall–Kier alpha value is -2.34. The molecule has 0 aromatic heterocycles. The van der Waals surface area contributed by atoms with Crippen LogP contribution in [0.25, 0.3) is 0 Å². The number of anilines is 1. The van der Waals surface area contributed by atoms with Crippen molar-refractivity contribution in [2.75, 3.05) is 18.4 Å². The molecule has 2 amide bonds. The smallest absolute Gasteiger partial charge is 0.321 e. The summed E-state index contributed by atoms with van der Waals surface area (Å²) in [5.74, 6) is -1.54. The second kappa shape index (κ2) is 7.70. The number of carbonyl (C=O) groups excluding carboxylic acids is 1. The number of rotatable bonds is 3. The van der Waals surface area contributed by atoms with Gasteiger partial charge in [0.15, 0.2) is 11.6 Å². The van der Waals surface area contributed by atoms with Crippen molar-refractivity contribution in [2.24, 2.45) is 0 Å². The van der Waals surface area contributed by atoms with Crippen molar-refractivity contribution in [1.82, 2.24) is 4.90 Å². The SMILES string of the molecule is O=C(Nc1cccc(Cl)c1)N1CCC(Oc2ccc(F)c(F)c2)CC1. The Labute approximate surface area is 149 Å². The Morgan fingerprint density at radius 2 is 1.88 bits per heavy atom. The second-order valence-electron chi connectivity index (χ2n) is 5.82. The minimum atomic E-state index is -0.934. The van der Waals surface area contributed by atoms with E-state index in [1.807, 2.05) is 0 Å². The summed E-state index contributed by atoms with van der Waals surface area (Å²) in [5.41, 5.74) is 0.637. The molecule has 1 aliphatic heterocycles. The molecule has 1 saturated heterocycles. The Morgan fingerprint density at radius 3 is 2.56 bits per heavy atom. The Balaban J connectivity index is 1.51. The van der Waals surface area contributed by atoms with E-state index in [1.165, 1.54) is 6.07 Å². The molecule has 0 bridgehead atoms. The third-order valence-electron chi connectivity index (χ3n) is 4.00. The molecule has 0 saturated carbocycles. The molecule has 25 heavy (non-hydrogen) atoms. The number of carbonyl (C=O) groups is 1. The quantitative estimate of drug-likeness (QED) is 0.856. The highest BCUT2D eigenvalue weighted by Gasteiger charge is 2.24. The predicted molar refractivity (Wildman–Crippen MR) is 92.1 cm³/mol. The third-order valence-corrected chi connectivity index (χ3v) is 4.23. The topological polar surface area (TPSA) is 41.6 Å². The van der Waals surface area contributed by atoms with Crippen molar-refractivity contribution in [3.05, 3.63) is 59.1 Å². The first kappa shape index (κ1) is 17.5. The number of nitrogens with one attached hydrogen (secondary N) is 1. The van der Waals surface area contributed by atoms with Crippen LogP contribution in [0.15, 0.2) is 42.5 Å². The molecule has 1 N–H and O–H groups in total. The molecule has 132 valence electrons. The van der Waals surface area contributed by atoms with Crippen LogP contribution in [0, 0.1) is 11.6 Å². The summed E-state index contributed by atoms with van der Waals surface area (Å²) in [6.45, 7) is 1.03. The van der Waals surface area contributed by atoms with Gasteiger partial charge in [-0.05, 0) is 30.3 Å². The number of halogens is 3. The van der Waals surface area contributed by atoms with E-state index in [4.69, 9.17) is 16.3 Å². The first-order valence-electron chi connectivity index (χ1n) is 7.94. The van der Waals surface area contributed by atoms with E-state index < -0.39 is 11.6 Å². The van der Waals surface area contributed by atoms with Gasteiger partial charge in [-0.25, -0.2) is 13.6 Å². The van der Waals surface area contributed by atoms with E-state index in [0.29, 0.717) is 42.4 Å². The molecule has 2 aromatic rings. The number of nitrogens with zero attached hydrogens (tertiary/aromatic N) is 1. The fraction of sp³-hybridized carbons (Fsp3) is 0.278. The summed E-state index contributed by atoms with van der Waals surface area (Å²) < 4.78 is 31.8. The number of likely N-dealkylation sites (tertiary alicyclic amines) is 1. The number of hydrogen-bond donors (Lipinski definition) is 1. The van der Waals surface area contributed by atoms with Gasteiger partial charge >= 0.3 is 6.03 Å². The lowest BCUT2D eigenvalue weighted by Crippen LogP contribution is -2.43. The number of ether oxygens (including phenoxy) is 1. The molecular weight excluding hydrogens is 350 g/mol. The van der Waals surface area contributed by atoms with E-state index in [1.54, 1.807) is 29.2 Å². The van der Waals surface area contributed by atoms with Crippen molar-refractivity contribution < 1.29 is 18.3 Å². The van der Waals surface area contributed by atoms with E-state index in [9.17, 15) is 13.6 Å². The highest BCUT2D eigenvalue weighted by molar-refractivity contribution is 6.30. The number of benzene rings is 2. The highest BCUT2D eigenvalue weighted by atomic mass is 35.5. The monoisotopic (exact) mass is 366 g/mol. The summed E-state index contributed by atoms with van der Waals surface area (Å²) in [6, 6.07) is 10.2. The molecule has 1 fully saturated rings. The van der Waals surface area contributed by atoms with Gasteiger partial charge in [0.1, 0.15) is 11.9 Å². The van der Waals surface area contributed by atoms with Gasteiger partial charge in [-0.15, -0.1) is 0 Å². The van der Waals surface area contributed by atoms with Gasteiger partial charge in [-0.2, -0.15) is 0 Å². The lowest BCUT2D eigenvalue weighted by atomic mass is 10.1. The third kappa shape index (κ3) is 4.60. The number of piperidine rings is 1. The largest absolute Gasteiger partial charge is 0.490 e. The summed E-state index contributed by atoms with van der Waals surface area (Å²) in [7, 11) is 0. The van der Waals surface area contributed by atoms with Crippen LogP contribution in [-0.2, 0) is 0 Å². The molecule has 1 aliphatic rings. The van der Waals surface area contributed by atoms with Crippen molar-refractivity contribution in [3.8, 4) is 5.75 Å². The first-order valence-corrected chi connectivity index (χ1v) is 8.32. The average Bonchev–Trinajstić information content (AvgIpc) is 2.59. The lowest BCUT2D eigenvalue weighted by Gasteiger charge is -2.32. The molecule has 0 unspecified atom stereocenters. The van der Waals surface area contributed by atoms with Gasteiger partial charge in [-0.1, -0.05) is 17.7 Å². The predicted octanol–water partition coefficient (Wildman–Crippen LogP) is 4.69. The maximum absolute atomic E-state index is 13.2. The van der Waals surface area contributed by atoms with Crippen molar-refractivity contribution in [2.45, 2.75) is 18.9 Å². The zero-order valence-electron chi connectivity index (χ0n) is 13.3.